The number of anilines is 1. The number of carbonyl (C=O) groups excluding carboxylic acids is 1. The molecule has 1 aromatic heterocycles. The number of alkyl halides is 3. The van der Waals surface area contributed by atoms with Gasteiger partial charge in [-0.3, -0.25) is 9.89 Å². The summed E-state index contributed by atoms with van der Waals surface area (Å²) in [5.74, 6) is -3.29. The SMILES string of the molecule is O=C(Nc1ccc(F)c(F)c1)c1cc(C(F)(F)F)[nH]n1. The van der Waals surface area contributed by atoms with E-state index in [1.807, 2.05) is 0 Å². The summed E-state index contributed by atoms with van der Waals surface area (Å²) in [4.78, 5) is 11.6. The highest BCUT2D eigenvalue weighted by atomic mass is 19.4. The molecule has 1 heterocycles. The van der Waals surface area contributed by atoms with Crippen LogP contribution in [0.4, 0.5) is 27.6 Å². The zero-order chi connectivity index (χ0) is 14.9. The summed E-state index contributed by atoms with van der Waals surface area (Å²) in [7, 11) is 0. The highest BCUT2D eigenvalue weighted by Gasteiger charge is 2.33. The summed E-state index contributed by atoms with van der Waals surface area (Å²) in [6, 6.07) is 3.05. The molecule has 20 heavy (non-hydrogen) atoms. The van der Waals surface area contributed by atoms with Gasteiger partial charge in [0.15, 0.2) is 17.3 Å². The summed E-state index contributed by atoms with van der Waals surface area (Å²) in [5.41, 5.74) is -1.82. The minimum absolute atomic E-state index is 0.106. The van der Waals surface area contributed by atoms with Crippen LogP contribution in [-0.2, 0) is 6.18 Å². The minimum atomic E-state index is -4.66. The number of nitrogens with zero attached hydrogens (tertiary/aromatic N) is 1. The molecular formula is C11H6F5N3O. The fourth-order valence-electron chi connectivity index (χ4n) is 1.35. The van der Waals surface area contributed by atoms with Crippen LogP contribution in [-0.4, -0.2) is 16.1 Å². The Balaban J connectivity index is 2.16. The van der Waals surface area contributed by atoms with E-state index in [1.54, 1.807) is 5.10 Å². The van der Waals surface area contributed by atoms with E-state index in [9.17, 15) is 26.7 Å². The molecule has 106 valence electrons. The van der Waals surface area contributed by atoms with Crippen LogP contribution in [0, 0.1) is 11.6 Å². The van der Waals surface area contributed by atoms with E-state index >= 15 is 0 Å². The van der Waals surface area contributed by atoms with Gasteiger partial charge >= 0.3 is 6.18 Å². The highest BCUT2D eigenvalue weighted by Crippen LogP contribution is 2.27. The molecule has 0 aliphatic heterocycles. The van der Waals surface area contributed by atoms with Gasteiger partial charge in [-0.1, -0.05) is 0 Å². The molecule has 0 aliphatic rings. The molecule has 0 radical (unpaired) electrons. The van der Waals surface area contributed by atoms with Crippen LogP contribution in [0.15, 0.2) is 24.3 Å². The average molecular weight is 291 g/mol. The zero-order valence-corrected chi connectivity index (χ0v) is 9.55. The standard InChI is InChI=1S/C11H6F5N3O/c12-6-2-1-5(3-7(6)13)17-10(20)8-4-9(19-18-8)11(14,15)16/h1-4H,(H,17,20)(H,18,19). The monoisotopic (exact) mass is 291 g/mol. The molecule has 0 atom stereocenters. The van der Waals surface area contributed by atoms with Crippen LogP contribution < -0.4 is 5.32 Å². The minimum Gasteiger partial charge on any atom is -0.320 e. The van der Waals surface area contributed by atoms with E-state index in [1.165, 1.54) is 0 Å². The van der Waals surface area contributed by atoms with E-state index < -0.39 is 35.1 Å². The molecule has 0 bridgehead atoms. The van der Waals surface area contributed by atoms with Crippen LogP contribution in [0.5, 0.6) is 0 Å². The van der Waals surface area contributed by atoms with Gasteiger partial charge in [-0.25, -0.2) is 8.78 Å². The molecule has 0 saturated heterocycles. The number of H-pyrrole nitrogens is 1. The van der Waals surface area contributed by atoms with Crippen molar-refractivity contribution >= 4 is 11.6 Å². The van der Waals surface area contributed by atoms with Crippen LogP contribution in [0.25, 0.3) is 0 Å². The van der Waals surface area contributed by atoms with Crippen molar-refractivity contribution < 1.29 is 26.7 Å². The van der Waals surface area contributed by atoms with Crippen molar-refractivity contribution in [1.82, 2.24) is 10.2 Å². The predicted molar refractivity (Wildman–Crippen MR) is 57.9 cm³/mol. The van der Waals surface area contributed by atoms with E-state index in [0.717, 1.165) is 12.1 Å². The van der Waals surface area contributed by atoms with E-state index in [0.29, 0.717) is 12.1 Å². The van der Waals surface area contributed by atoms with Crippen LogP contribution in [0.2, 0.25) is 0 Å². The number of benzene rings is 1. The number of rotatable bonds is 2. The zero-order valence-electron chi connectivity index (χ0n) is 9.55. The van der Waals surface area contributed by atoms with Crippen molar-refractivity contribution in [3.8, 4) is 0 Å². The van der Waals surface area contributed by atoms with Gasteiger partial charge < -0.3 is 5.32 Å². The molecule has 0 spiro atoms. The Hall–Kier alpha value is -2.45. The van der Waals surface area contributed by atoms with Gasteiger partial charge in [-0.15, -0.1) is 0 Å². The lowest BCUT2D eigenvalue weighted by atomic mass is 10.2. The smallest absolute Gasteiger partial charge is 0.320 e. The number of hydrogen-bond donors (Lipinski definition) is 2. The Morgan fingerprint density at radius 2 is 1.85 bits per heavy atom. The second kappa shape index (κ2) is 4.91. The lowest BCUT2D eigenvalue weighted by Gasteiger charge is -2.03. The Kier molecular flexibility index (Phi) is 3.43. The second-order valence-corrected chi connectivity index (χ2v) is 3.75. The summed E-state index contributed by atoms with van der Waals surface area (Å²) >= 11 is 0. The number of aromatic amines is 1. The number of aromatic nitrogens is 2. The molecule has 0 saturated carbocycles. The first kappa shape index (κ1) is 14.0. The van der Waals surface area contributed by atoms with Crippen molar-refractivity contribution in [2.45, 2.75) is 6.18 Å². The molecule has 0 aliphatic carbocycles. The molecular weight excluding hydrogens is 285 g/mol. The lowest BCUT2D eigenvalue weighted by Crippen LogP contribution is -2.12. The van der Waals surface area contributed by atoms with E-state index in [-0.39, 0.29) is 5.69 Å². The largest absolute Gasteiger partial charge is 0.432 e. The van der Waals surface area contributed by atoms with Gasteiger partial charge in [0.25, 0.3) is 5.91 Å². The molecule has 2 rings (SSSR count). The van der Waals surface area contributed by atoms with Gasteiger partial charge in [-0.2, -0.15) is 18.3 Å². The molecule has 4 nitrogen and oxygen atoms in total. The highest BCUT2D eigenvalue weighted by molar-refractivity contribution is 6.02. The maximum absolute atomic E-state index is 12.9. The van der Waals surface area contributed by atoms with Crippen molar-refractivity contribution in [1.29, 1.82) is 0 Å². The number of hydrogen-bond acceptors (Lipinski definition) is 2. The molecule has 0 fully saturated rings. The number of carbonyl (C=O) groups is 1. The average Bonchev–Trinajstić information content (AvgIpc) is 2.83. The van der Waals surface area contributed by atoms with Crippen molar-refractivity contribution in [3.63, 3.8) is 0 Å². The third-order valence-electron chi connectivity index (χ3n) is 2.29. The van der Waals surface area contributed by atoms with Crippen LogP contribution in [0.1, 0.15) is 16.2 Å². The summed E-state index contributed by atoms with van der Waals surface area (Å²) < 4.78 is 62.4. The van der Waals surface area contributed by atoms with Gasteiger partial charge in [0.2, 0.25) is 0 Å². The topological polar surface area (TPSA) is 57.8 Å². The third kappa shape index (κ3) is 2.92. The van der Waals surface area contributed by atoms with Crippen molar-refractivity contribution in [2.24, 2.45) is 0 Å². The normalized spacial score (nSPS) is 11.4. The summed E-state index contributed by atoms with van der Waals surface area (Å²) in [6.07, 6.45) is -4.66. The number of amides is 1. The van der Waals surface area contributed by atoms with E-state index in [2.05, 4.69) is 10.4 Å². The van der Waals surface area contributed by atoms with Crippen LogP contribution in [0.3, 0.4) is 0 Å². The Morgan fingerprint density at radius 3 is 2.40 bits per heavy atom. The molecule has 2 N–H and O–H groups in total. The molecule has 9 heteroatoms. The molecule has 2 aromatic rings. The Bertz CT molecular complexity index is 650. The Labute approximate surface area is 108 Å². The predicted octanol–water partition coefficient (Wildman–Crippen LogP) is 2.96. The molecule has 1 amide bonds. The first-order valence-corrected chi connectivity index (χ1v) is 5.16. The van der Waals surface area contributed by atoms with Crippen molar-refractivity contribution in [3.05, 3.63) is 47.3 Å². The fourth-order valence-corrected chi connectivity index (χ4v) is 1.35. The molecule has 0 unspecified atom stereocenters. The van der Waals surface area contributed by atoms with Gasteiger partial charge in [0, 0.05) is 17.8 Å². The summed E-state index contributed by atoms with van der Waals surface area (Å²) in [5, 5.41) is 6.95. The first-order valence-electron chi connectivity index (χ1n) is 5.16. The van der Waals surface area contributed by atoms with E-state index in [4.69, 9.17) is 0 Å². The van der Waals surface area contributed by atoms with Gasteiger partial charge in [0.05, 0.1) is 0 Å². The van der Waals surface area contributed by atoms with Gasteiger partial charge in [-0.05, 0) is 12.1 Å². The maximum atomic E-state index is 12.9. The summed E-state index contributed by atoms with van der Waals surface area (Å²) in [6.45, 7) is 0. The fraction of sp³-hybridized carbons (Fsp3) is 0.0909. The number of nitrogens with one attached hydrogen (secondary N) is 2. The van der Waals surface area contributed by atoms with Gasteiger partial charge in [0.1, 0.15) is 5.69 Å². The number of halogens is 5. The molecule has 1 aromatic carbocycles. The second-order valence-electron chi connectivity index (χ2n) is 3.75. The first-order chi connectivity index (χ1) is 9.27. The quantitative estimate of drug-likeness (QED) is 0.836. The van der Waals surface area contributed by atoms with Crippen molar-refractivity contribution in [2.75, 3.05) is 5.32 Å². The van der Waals surface area contributed by atoms with Crippen LogP contribution >= 0.6 is 0 Å². The third-order valence-corrected chi connectivity index (χ3v) is 2.29. The lowest BCUT2D eigenvalue weighted by molar-refractivity contribution is -0.141. The Morgan fingerprint density at radius 1 is 1.15 bits per heavy atom. The maximum Gasteiger partial charge on any atom is 0.432 e.